The standard InChI is InChI=1S/C17H26N2/c1-13-7-17(8-13)19-11-15(10-16(18)12-19)9-14-5-3-2-4-6-14/h2-6,13,15-17H,7-12,18H2,1H3. The maximum Gasteiger partial charge on any atom is 0.0171 e. The molecule has 2 N–H and O–H groups in total. The predicted molar refractivity (Wildman–Crippen MR) is 80.0 cm³/mol. The van der Waals surface area contributed by atoms with Gasteiger partial charge in [-0.1, -0.05) is 37.3 Å². The second-order valence-corrected chi connectivity index (χ2v) is 6.74. The van der Waals surface area contributed by atoms with Crippen LogP contribution in [0.25, 0.3) is 0 Å². The number of hydrogen-bond donors (Lipinski definition) is 1. The fourth-order valence-electron chi connectivity index (χ4n) is 3.84. The van der Waals surface area contributed by atoms with Crippen molar-refractivity contribution in [1.82, 2.24) is 4.90 Å². The lowest BCUT2D eigenvalue weighted by Gasteiger charge is -2.47. The zero-order chi connectivity index (χ0) is 13.2. The van der Waals surface area contributed by atoms with Gasteiger partial charge < -0.3 is 5.73 Å². The molecular formula is C17H26N2. The van der Waals surface area contributed by atoms with Gasteiger partial charge >= 0.3 is 0 Å². The van der Waals surface area contributed by atoms with E-state index in [0.717, 1.165) is 24.4 Å². The second kappa shape index (κ2) is 5.64. The SMILES string of the molecule is CC1CC(N2CC(N)CC(Cc3ccccc3)C2)C1. The van der Waals surface area contributed by atoms with E-state index >= 15 is 0 Å². The van der Waals surface area contributed by atoms with Crippen molar-refractivity contribution in [1.29, 1.82) is 0 Å². The summed E-state index contributed by atoms with van der Waals surface area (Å²) < 4.78 is 0. The van der Waals surface area contributed by atoms with Gasteiger partial charge in [0.2, 0.25) is 0 Å². The van der Waals surface area contributed by atoms with Crippen LogP contribution in [0.2, 0.25) is 0 Å². The third kappa shape index (κ3) is 3.18. The van der Waals surface area contributed by atoms with Gasteiger partial charge in [-0.3, -0.25) is 4.90 Å². The summed E-state index contributed by atoms with van der Waals surface area (Å²) >= 11 is 0. The fourth-order valence-corrected chi connectivity index (χ4v) is 3.84. The summed E-state index contributed by atoms with van der Waals surface area (Å²) in [6.07, 6.45) is 5.14. The van der Waals surface area contributed by atoms with E-state index in [4.69, 9.17) is 5.73 Å². The number of benzene rings is 1. The fraction of sp³-hybridized carbons (Fsp3) is 0.647. The summed E-state index contributed by atoms with van der Waals surface area (Å²) in [6.45, 7) is 4.73. The van der Waals surface area contributed by atoms with E-state index in [1.807, 2.05) is 0 Å². The molecule has 0 amide bonds. The molecule has 3 rings (SSSR count). The molecule has 0 aromatic heterocycles. The lowest BCUT2D eigenvalue weighted by Crippen LogP contribution is -2.54. The van der Waals surface area contributed by atoms with Crippen LogP contribution in [0.1, 0.15) is 31.7 Å². The molecule has 2 atom stereocenters. The maximum atomic E-state index is 6.28. The van der Waals surface area contributed by atoms with Gasteiger partial charge in [0.05, 0.1) is 0 Å². The summed E-state index contributed by atoms with van der Waals surface area (Å²) in [5, 5.41) is 0. The minimum atomic E-state index is 0.373. The number of piperidine rings is 1. The highest BCUT2D eigenvalue weighted by Crippen LogP contribution is 2.34. The smallest absolute Gasteiger partial charge is 0.0171 e. The van der Waals surface area contributed by atoms with Gasteiger partial charge in [-0.25, -0.2) is 0 Å². The number of likely N-dealkylation sites (tertiary alicyclic amines) is 1. The van der Waals surface area contributed by atoms with Crippen molar-refractivity contribution in [2.75, 3.05) is 13.1 Å². The molecule has 2 aliphatic rings. The first-order valence-electron chi connectivity index (χ1n) is 7.74. The Hall–Kier alpha value is -0.860. The Morgan fingerprint density at radius 2 is 1.84 bits per heavy atom. The molecular weight excluding hydrogens is 232 g/mol. The third-order valence-electron chi connectivity index (χ3n) is 4.83. The number of hydrogen-bond acceptors (Lipinski definition) is 2. The average Bonchev–Trinajstić information content (AvgIpc) is 2.35. The van der Waals surface area contributed by atoms with Crippen LogP contribution in [0.5, 0.6) is 0 Å². The number of nitrogens with zero attached hydrogens (tertiary/aromatic N) is 1. The first-order valence-corrected chi connectivity index (χ1v) is 7.74. The van der Waals surface area contributed by atoms with Crippen LogP contribution >= 0.6 is 0 Å². The molecule has 1 saturated heterocycles. The van der Waals surface area contributed by atoms with E-state index in [2.05, 4.69) is 42.2 Å². The second-order valence-electron chi connectivity index (χ2n) is 6.74. The van der Waals surface area contributed by atoms with Gasteiger partial charge in [-0.2, -0.15) is 0 Å². The van der Waals surface area contributed by atoms with Crippen molar-refractivity contribution in [3.63, 3.8) is 0 Å². The summed E-state index contributed by atoms with van der Waals surface area (Å²) in [7, 11) is 0. The molecule has 1 aliphatic carbocycles. The van der Waals surface area contributed by atoms with Crippen LogP contribution in [0.4, 0.5) is 0 Å². The van der Waals surface area contributed by atoms with Crippen molar-refractivity contribution in [2.45, 2.75) is 44.7 Å². The highest BCUT2D eigenvalue weighted by Gasteiger charge is 2.35. The quantitative estimate of drug-likeness (QED) is 0.903. The molecule has 1 aromatic carbocycles. The number of nitrogens with two attached hydrogens (primary N) is 1. The van der Waals surface area contributed by atoms with E-state index in [0.29, 0.717) is 6.04 Å². The Morgan fingerprint density at radius 3 is 2.53 bits per heavy atom. The first-order chi connectivity index (χ1) is 9.20. The Kier molecular flexibility index (Phi) is 3.90. The zero-order valence-corrected chi connectivity index (χ0v) is 12.0. The van der Waals surface area contributed by atoms with E-state index in [-0.39, 0.29) is 0 Å². The minimum Gasteiger partial charge on any atom is -0.327 e. The van der Waals surface area contributed by atoms with E-state index in [9.17, 15) is 0 Å². The Labute approximate surface area is 117 Å². The van der Waals surface area contributed by atoms with Crippen molar-refractivity contribution in [3.05, 3.63) is 35.9 Å². The normalized spacial score (nSPS) is 35.9. The van der Waals surface area contributed by atoms with E-state index in [1.54, 1.807) is 0 Å². The average molecular weight is 258 g/mol. The summed E-state index contributed by atoms with van der Waals surface area (Å²) in [4.78, 5) is 2.67. The van der Waals surface area contributed by atoms with Gasteiger partial charge in [0.25, 0.3) is 0 Å². The molecule has 1 saturated carbocycles. The number of rotatable bonds is 3. The zero-order valence-electron chi connectivity index (χ0n) is 12.0. The first kappa shape index (κ1) is 13.1. The summed E-state index contributed by atoms with van der Waals surface area (Å²) in [5.74, 6) is 1.66. The van der Waals surface area contributed by atoms with Gasteiger partial charge in [0.1, 0.15) is 0 Å². The van der Waals surface area contributed by atoms with Crippen LogP contribution in [0, 0.1) is 11.8 Å². The Bertz CT molecular complexity index is 397. The monoisotopic (exact) mass is 258 g/mol. The summed E-state index contributed by atoms with van der Waals surface area (Å²) in [5.41, 5.74) is 7.74. The molecule has 0 spiro atoms. The predicted octanol–water partition coefficient (Wildman–Crippen LogP) is 2.68. The lowest BCUT2D eigenvalue weighted by molar-refractivity contribution is 0.0402. The van der Waals surface area contributed by atoms with Crippen molar-refractivity contribution < 1.29 is 0 Å². The molecule has 2 heteroatoms. The molecule has 2 unspecified atom stereocenters. The van der Waals surface area contributed by atoms with Crippen molar-refractivity contribution in [2.24, 2.45) is 17.6 Å². The molecule has 0 radical (unpaired) electrons. The van der Waals surface area contributed by atoms with Crippen LogP contribution in [0.3, 0.4) is 0 Å². The van der Waals surface area contributed by atoms with Gasteiger partial charge in [-0.05, 0) is 43.1 Å². The molecule has 2 fully saturated rings. The van der Waals surface area contributed by atoms with Crippen LogP contribution in [-0.4, -0.2) is 30.1 Å². The largest absolute Gasteiger partial charge is 0.327 e. The van der Waals surface area contributed by atoms with Gasteiger partial charge in [0.15, 0.2) is 0 Å². The lowest BCUT2D eigenvalue weighted by atomic mass is 9.78. The molecule has 1 aliphatic heterocycles. The molecule has 1 aromatic rings. The maximum absolute atomic E-state index is 6.28. The molecule has 104 valence electrons. The molecule has 1 heterocycles. The summed E-state index contributed by atoms with van der Waals surface area (Å²) in [6, 6.07) is 12.1. The van der Waals surface area contributed by atoms with Crippen LogP contribution in [0.15, 0.2) is 30.3 Å². The van der Waals surface area contributed by atoms with Crippen molar-refractivity contribution >= 4 is 0 Å². The molecule has 19 heavy (non-hydrogen) atoms. The van der Waals surface area contributed by atoms with Crippen LogP contribution < -0.4 is 5.73 Å². The molecule has 2 nitrogen and oxygen atoms in total. The van der Waals surface area contributed by atoms with Gasteiger partial charge in [-0.15, -0.1) is 0 Å². The van der Waals surface area contributed by atoms with Crippen molar-refractivity contribution in [3.8, 4) is 0 Å². The topological polar surface area (TPSA) is 29.3 Å². The third-order valence-corrected chi connectivity index (χ3v) is 4.83. The van der Waals surface area contributed by atoms with E-state index in [1.165, 1.54) is 37.8 Å². The Morgan fingerprint density at radius 1 is 1.11 bits per heavy atom. The van der Waals surface area contributed by atoms with E-state index < -0.39 is 0 Å². The highest BCUT2D eigenvalue weighted by molar-refractivity contribution is 5.15. The van der Waals surface area contributed by atoms with Crippen LogP contribution in [-0.2, 0) is 6.42 Å². The minimum absolute atomic E-state index is 0.373. The Balaban J connectivity index is 1.59. The highest BCUT2D eigenvalue weighted by atomic mass is 15.2. The molecule has 0 bridgehead atoms. The van der Waals surface area contributed by atoms with Gasteiger partial charge in [0, 0.05) is 25.2 Å².